The molecule has 1 aromatic heterocycles. The zero-order valence-electron chi connectivity index (χ0n) is 10.5. The largest absolute Gasteiger partial charge is 0.477 e. The standard InChI is InChI=1S/C10H10N4O3S3.ClH/c11-6-8(15)14-7(10(16)17)5(3-19-9(6)14)18-1-4-2-20-13-12-4;/h2,6,9H,1,3,11H2,(H,16,17);1H/t6-,9-;/m1./s1. The number of thioether (sulfide) groups is 2. The monoisotopic (exact) mass is 366 g/mol. The zero-order valence-corrected chi connectivity index (χ0v) is 13.7. The van der Waals surface area contributed by atoms with Gasteiger partial charge in [0.1, 0.15) is 17.1 Å². The molecule has 1 aromatic rings. The summed E-state index contributed by atoms with van der Waals surface area (Å²) in [5, 5.41) is 14.8. The normalized spacial score (nSPS) is 24.2. The van der Waals surface area contributed by atoms with E-state index in [1.807, 2.05) is 5.38 Å². The molecule has 0 aliphatic carbocycles. The predicted molar refractivity (Wildman–Crippen MR) is 84.2 cm³/mol. The molecule has 3 N–H and O–H groups in total. The van der Waals surface area contributed by atoms with Gasteiger partial charge in [0.15, 0.2) is 0 Å². The molecule has 0 unspecified atom stereocenters. The van der Waals surface area contributed by atoms with E-state index in [0.717, 1.165) is 5.69 Å². The first-order valence-corrected chi connectivity index (χ1v) is 8.52. The van der Waals surface area contributed by atoms with Crippen molar-refractivity contribution in [3.63, 3.8) is 0 Å². The number of fused-ring (bicyclic) bond motifs is 1. The molecule has 0 spiro atoms. The van der Waals surface area contributed by atoms with Crippen molar-refractivity contribution >= 4 is 59.3 Å². The summed E-state index contributed by atoms with van der Waals surface area (Å²) in [6.45, 7) is 0. The molecule has 1 fully saturated rings. The van der Waals surface area contributed by atoms with Crippen LogP contribution < -0.4 is 5.73 Å². The van der Waals surface area contributed by atoms with E-state index < -0.39 is 12.0 Å². The van der Waals surface area contributed by atoms with Crippen molar-refractivity contribution in [2.75, 3.05) is 5.75 Å². The number of hydrogen-bond donors (Lipinski definition) is 2. The summed E-state index contributed by atoms with van der Waals surface area (Å²) < 4.78 is 3.76. The topological polar surface area (TPSA) is 109 Å². The van der Waals surface area contributed by atoms with Gasteiger partial charge < -0.3 is 10.8 Å². The van der Waals surface area contributed by atoms with E-state index in [1.54, 1.807) is 0 Å². The fourth-order valence-electron chi connectivity index (χ4n) is 2.01. The molecule has 2 aliphatic rings. The zero-order chi connectivity index (χ0) is 14.3. The molecule has 0 radical (unpaired) electrons. The number of aromatic nitrogens is 2. The Kier molecular flexibility index (Phi) is 5.15. The second kappa shape index (κ2) is 6.53. The average molecular weight is 367 g/mol. The van der Waals surface area contributed by atoms with E-state index in [-0.39, 0.29) is 29.4 Å². The summed E-state index contributed by atoms with van der Waals surface area (Å²) in [5.74, 6) is -0.323. The summed E-state index contributed by atoms with van der Waals surface area (Å²) in [6.07, 6.45) is 0. The summed E-state index contributed by atoms with van der Waals surface area (Å²) in [5.41, 5.74) is 6.55. The number of carboxylic acids is 1. The highest BCUT2D eigenvalue weighted by Crippen LogP contribution is 2.43. The van der Waals surface area contributed by atoms with Crippen LogP contribution in [0.5, 0.6) is 0 Å². The fraction of sp³-hybridized carbons (Fsp3) is 0.400. The van der Waals surface area contributed by atoms with Crippen LogP contribution in [0.3, 0.4) is 0 Å². The van der Waals surface area contributed by atoms with Crippen molar-refractivity contribution in [2.45, 2.75) is 17.2 Å². The summed E-state index contributed by atoms with van der Waals surface area (Å²) in [7, 11) is 0. The van der Waals surface area contributed by atoms with Gasteiger partial charge in [0, 0.05) is 21.8 Å². The second-order valence-corrected chi connectivity index (χ2v) is 6.98. The van der Waals surface area contributed by atoms with E-state index in [0.29, 0.717) is 16.4 Å². The third-order valence-electron chi connectivity index (χ3n) is 2.98. The second-order valence-electron chi connectivity index (χ2n) is 4.20. The van der Waals surface area contributed by atoms with Gasteiger partial charge in [-0.1, -0.05) is 4.49 Å². The Hall–Kier alpha value is -0.810. The van der Waals surface area contributed by atoms with Crippen molar-refractivity contribution < 1.29 is 14.7 Å². The van der Waals surface area contributed by atoms with Gasteiger partial charge in [-0.25, -0.2) is 4.79 Å². The van der Waals surface area contributed by atoms with Gasteiger partial charge in [-0.2, -0.15) is 0 Å². The molecule has 1 amide bonds. The minimum atomic E-state index is -1.09. The van der Waals surface area contributed by atoms with Crippen LogP contribution in [0.15, 0.2) is 16.0 Å². The predicted octanol–water partition coefficient (Wildman–Crippen LogP) is 0.732. The molecule has 1 saturated heterocycles. The third-order valence-corrected chi connectivity index (χ3v) is 6.14. The van der Waals surface area contributed by atoms with Crippen LogP contribution in [0, 0.1) is 0 Å². The van der Waals surface area contributed by atoms with Crippen LogP contribution in [-0.4, -0.2) is 48.6 Å². The first-order valence-electron chi connectivity index (χ1n) is 5.65. The van der Waals surface area contributed by atoms with Crippen LogP contribution in [-0.2, 0) is 15.3 Å². The Morgan fingerprint density at radius 1 is 1.62 bits per heavy atom. The lowest BCUT2D eigenvalue weighted by Gasteiger charge is -2.47. The van der Waals surface area contributed by atoms with Gasteiger partial charge in [0.25, 0.3) is 0 Å². The molecule has 114 valence electrons. The minimum absolute atomic E-state index is 0. The van der Waals surface area contributed by atoms with Crippen LogP contribution in [0.1, 0.15) is 5.69 Å². The number of carbonyl (C=O) groups is 2. The number of carbonyl (C=O) groups excluding carboxylic acids is 1. The molecule has 3 rings (SSSR count). The van der Waals surface area contributed by atoms with E-state index in [4.69, 9.17) is 5.73 Å². The van der Waals surface area contributed by atoms with Gasteiger partial charge in [-0.3, -0.25) is 9.69 Å². The van der Waals surface area contributed by atoms with Crippen LogP contribution in [0.25, 0.3) is 0 Å². The number of carboxylic acid groups (broad SMARTS) is 1. The summed E-state index contributed by atoms with van der Waals surface area (Å²) >= 11 is 4.13. The van der Waals surface area contributed by atoms with Gasteiger partial charge >= 0.3 is 5.97 Å². The molecule has 11 heteroatoms. The van der Waals surface area contributed by atoms with E-state index in [1.165, 1.54) is 40.0 Å². The van der Waals surface area contributed by atoms with Crippen molar-refractivity contribution in [1.82, 2.24) is 14.5 Å². The lowest BCUT2D eigenvalue weighted by molar-refractivity contribution is -0.147. The number of halogens is 1. The van der Waals surface area contributed by atoms with E-state index >= 15 is 0 Å². The highest BCUT2D eigenvalue weighted by atomic mass is 35.5. The van der Waals surface area contributed by atoms with Gasteiger partial charge in [0.05, 0.1) is 5.69 Å². The molecule has 3 heterocycles. The van der Waals surface area contributed by atoms with Crippen molar-refractivity contribution in [3.8, 4) is 0 Å². The molecular weight excluding hydrogens is 356 g/mol. The molecule has 7 nitrogen and oxygen atoms in total. The van der Waals surface area contributed by atoms with Gasteiger partial charge in [-0.05, 0) is 11.5 Å². The van der Waals surface area contributed by atoms with Crippen LogP contribution in [0.4, 0.5) is 0 Å². The Morgan fingerprint density at radius 2 is 2.38 bits per heavy atom. The van der Waals surface area contributed by atoms with E-state index in [9.17, 15) is 14.7 Å². The first-order chi connectivity index (χ1) is 9.59. The van der Waals surface area contributed by atoms with Gasteiger partial charge in [-0.15, -0.1) is 41.0 Å². The SMILES string of the molecule is Cl.N[C@@H]1C(=O)N2C(C(=O)O)=C(SCc3csnn3)CS[C@H]12. The molecule has 0 aromatic carbocycles. The Labute approximate surface area is 138 Å². The smallest absolute Gasteiger partial charge is 0.353 e. The number of β-lactam (4-membered cyclic amide) rings is 1. The number of nitrogens with zero attached hydrogens (tertiary/aromatic N) is 3. The minimum Gasteiger partial charge on any atom is -0.477 e. The Balaban J connectivity index is 0.00000161. The number of nitrogens with two attached hydrogens (primary N) is 1. The fourth-order valence-corrected chi connectivity index (χ4v) is 5.03. The van der Waals surface area contributed by atoms with Gasteiger partial charge in [0.2, 0.25) is 5.91 Å². The maximum Gasteiger partial charge on any atom is 0.353 e. The van der Waals surface area contributed by atoms with Crippen molar-refractivity contribution in [1.29, 1.82) is 0 Å². The number of amides is 1. The summed E-state index contributed by atoms with van der Waals surface area (Å²) in [4.78, 5) is 25.1. The third kappa shape index (κ3) is 2.90. The molecule has 21 heavy (non-hydrogen) atoms. The molecule has 0 saturated carbocycles. The number of hydrogen-bond acceptors (Lipinski definition) is 8. The first kappa shape index (κ1) is 16.6. The Morgan fingerprint density at radius 3 is 3.00 bits per heavy atom. The molecular formula is C10H11ClN4O3S3. The van der Waals surface area contributed by atoms with Crippen molar-refractivity contribution in [3.05, 3.63) is 21.7 Å². The summed E-state index contributed by atoms with van der Waals surface area (Å²) in [6, 6.07) is -0.594. The highest BCUT2D eigenvalue weighted by molar-refractivity contribution is 8.05. The van der Waals surface area contributed by atoms with Crippen LogP contribution in [0.2, 0.25) is 0 Å². The molecule has 0 bridgehead atoms. The lowest BCUT2D eigenvalue weighted by Crippen LogP contribution is -2.68. The Bertz CT molecular complexity index is 594. The average Bonchev–Trinajstić information content (AvgIpc) is 2.96. The number of rotatable bonds is 4. The quantitative estimate of drug-likeness (QED) is 0.750. The van der Waals surface area contributed by atoms with Crippen LogP contribution >= 0.6 is 47.5 Å². The molecule has 2 aliphatic heterocycles. The molecule has 2 atom stereocenters. The number of aliphatic carboxylic acids is 1. The van der Waals surface area contributed by atoms with E-state index in [2.05, 4.69) is 9.59 Å². The maximum atomic E-state index is 11.7. The van der Waals surface area contributed by atoms with Crippen molar-refractivity contribution in [2.24, 2.45) is 5.73 Å². The highest BCUT2D eigenvalue weighted by Gasteiger charge is 2.51. The maximum absolute atomic E-state index is 11.7. The lowest BCUT2D eigenvalue weighted by atomic mass is 10.1.